The van der Waals surface area contributed by atoms with Crippen molar-refractivity contribution < 1.29 is 85.7 Å². The molecular formula is C84H102O18. The summed E-state index contributed by atoms with van der Waals surface area (Å²) in [5, 5.41) is 0. The van der Waals surface area contributed by atoms with E-state index >= 15 is 0 Å². The Labute approximate surface area is 601 Å². The minimum absolute atomic E-state index is 0.0123. The predicted molar refractivity (Wildman–Crippen MR) is 392 cm³/mol. The average molecular weight is 1400 g/mol. The Hall–Kier alpha value is -9.84. The van der Waals surface area contributed by atoms with Crippen molar-refractivity contribution in [2.45, 2.75) is 194 Å². The molecule has 0 radical (unpaired) electrons. The topological polar surface area (TPSA) is 229 Å². The predicted octanol–water partition coefficient (Wildman–Crippen LogP) is 18.7. The second kappa shape index (κ2) is 46.6. The number of benzene rings is 6. The number of unbranched alkanes of at least 4 members (excludes halogenated alkanes) is 15. The van der Waals surface area contributed by atoms with Gasteiger partial charge in [-0.25, -0.2) is 28.8 Å². The van der Waals surface area contributed by atoms with Crippen LogP contribution in [0.5, 0.6) is 23.0 Å². The van der Waals surface area contributed by atoms with E-state index in [1.807, 2.05) is 62.4 Å². The summed E-state index contributed by atoms with van der Waals surface area (Å²) in [5.41, 5.74) is 5.70. The number of carbonyl (C=O) groups excluding carboxylic acids is 8. The molecule has 0 bridgehead atoms. The molecule has 6 rings (SSSR count). The van der Waals surface area contributed by atoms with Gasteiger partial charge in [0.25, 0.3) is 0 Å². The van der Waals surface area contributed by atoms with Gasteiger partial charge in [0.2, 0.25) is 0 Å². The number of ether oxygens (including phenoxy) is 10. The van der Waals surface area contributed by atoms with E-state index in [0.29, 0.717) is 109 Å². The number of hydrogen-bond acceptors (Lipinski definition) is 18. The lowest BCUT2D eigenvalue weighted by Gasteiger charge is -2.18. The van der Waals surface area contributed by atoms with Crippen LogP contribution in [0.3, 0.4) is 0 Å². The molecule has 0 aliphatic heterocycles. The zero-order valence-corrected chi connectivity index (χ0v) is 60.0. The highest BCUT2D eigenvalue weighted by molar-refractivity contribution is 5.93. The molecule has 0 fully saturated rings. The van der Waals surface area contributed by atoms with Crippen LogP contribution in [-0.4, -0.2) is 99.6 Å². The van der Waals surface area contributed by atoms with Crippen LogP contribution in [0.15, 0.2) is 170 Å². The zero-order valence-electron chi connectivity index (χ0n) is 60.0. The molecule has 0 saturated carbocycles. The van der Waals surface area contributed by atoms with Crippen molar-refractivity contribution in [2.24, 2.45) is 0 Å². The molecule has 0 aromatic heterocycles. The average Bonchev–Trinajstić information content (AvgIpc) is 0.846. The van der Waals surface area contributed by atoms with Gasteiger partial charge in [-0.15, -0.1) is 0 Å². The first-order valence-corrected chi connectivity index (χ1v) is 36.2. The first-order valence-electron chi connectivity index (χ1n) is 36.2. The quantitative estimate of drug-likeness (QED) is 0.0114. The largest absolute Gasteiger partial charge is 0.494 e. The summed E-state index contributed by atoms with van der Waals surface area (Å²) < 4.78 is 56.0. The Morgan fingerprint density at radius 2 is 0.588 bits per heavy atom. The van der Waals surface area contributed by atoms with E-state index in [2.05, 4.69) is 13.2 Å². The molecule has 0 heterocycles. The summed E-state index contributed by atoms with van der Waals surface area (Å²) in [4.78, 5) is 101. The van der Waals surface area contributed by atoms with Gasteiger partial charge >= 0.3 is 47.8 Å². The van der Waals surface area contributed by atoms with Crippen LogP contribution >= 0.6 is 0 Å². The molecule has 6 aromatic carbocycles. The van der Waals surface area contributed by atoms with Crippen LogP contribution in [0, 0.1) is 0 Å². The van der Waals surface area contributed by atoms with Gasteiger partial charge in [-0.05, 0) is 223 Å². The summed E-state index contributed by atoms with van der Waals surface area (Å²) in [7, 11) is 0. The highest BCUT2D eigenvalue weighted by Gasteiger charge is 2.21. The van der Waals surface area contributed by atoms with Crippen molar-refractivity contribution >= 4 is 47.8 Å². The van der Waals surface area contributed by atoms with Crippen LogP contribution < -0.4 is 18.9 Å². The van der Waals surface area contributed by atoms with Crippen molar-refractivity contribution in [2.75, 3.05) is 39.6 Å². The summed E-state index contributed by atoms with van der Waals surface area (Å²) >= 11 is 0. The standard InChI is InChI=1S/C84H102O18/c1-7-9-27-75(101-83(91)67-35-31-63(32-36-67)65-39-51-73(52-40-65)99-81(89)69-43-47-71(48-44-69)93-55-23-17-19-25-57-95-79(87)61(3)4)59-97-77(85)29-21-15-13-11-12-14-16-22-30-78(86)98-60-76(28-10-8-2)102-84(92)68-37-33-64(34-38-68)66-41-53-74(54-42-66)100-82(90)70-45-49-72(50-46-70)94-56-24-18-20-26-58-96-80(88)62(5)6/h31-54,75-76H,3,5,7-30,55-60H2,1-2,4,6H3. The summed E-state index contributed by atoms with van der Waals surface area (Å²) in [5.74, 6) is -1.32. The van der Waals surface area contributed by atoms with E-state index in [-0.39, 0.29) is 49.9 Å². The van der Waals surface area contributed by atoms with E-state index in [1.54, 1.807) is 111 Å². The number of rotatable bonds is 49. The first kappa shape index (κ1) is 81.1. The molecular weight excluding hydrogens is 1300 g/mol. The van der Waals surface area contributed by atoms with Gasteiger partial charge in [0.1, 0.15) is 48.4 Å². The lowest BCUT2D eigenvalue weighted by Crippen LogP contribution is -2.25. The van der Waals surface area contributed by atoms with Gasteiger partial charge in [-0.1, -0.05) is 127 Å². The Bertz CT molecular complexity index is 3320. The maximum atomic E-state index is 13.3. The molecule has 2 atom stereocenters. The highest BCUT2D eigenvalue weighted by atomic mass is 16.6. The molecule has 0 saturated heterocycles. The molecule has 0 aliphatic carbocycles. The second-order valence-electron chi connectivity index (χ2n) is 25.4. The monoisotopic (exact) mass is 1400 g/mol. The third kappa shape index (κ3) is 31.4. The molecule has 0 spiro atoms. The van der Waals surface area contributed by atoms with Gasteiger partial charge in [0.05, 0.1) is 48.7 Å². The van der Waals surface area contributed by atoms with Gasteiger partial charge in [-0.2, -0.15) is 0 Å². The fourth-order valence-electron chi connectivity index (χ4n) is 10.6. The first-order chi connectivity index (χ1) is 49.5. The van der Waals surface area contributed by atoms with Crippen molar-refractivity contribution in [1.29, 1.82) is 0 Å². The third-order valence-electron chi connectivity index (χ3n) is 16.7. The molecule has 18 heteroatoms. The molecule has 18 nitrogen and oxygen atoms in total. The number of hydrogen-bond donors (Lipinski definition) is 0. The fourth-order valence-corrected chi connectivity index (χ4v) is 10.6. The second-order valence-corrected chi connectivity index (χ2v) is 25.4. The van der Waals surface area contributed by atoms with Crippen molar-refractivity contribution in [3.05, 3.63) is 192 Å². The Kier molecular flexibility index (Phi) is 37.0. The highest BCUT2D eigenvalue weighted by Crippen LogP contribution is 2.28. The molecule has 102 heavy (non-hydrogen) atoms. The maximum Gasteiger partial charge on any atom is 0.343 e. The Morgan fingerprint density at radius 3 is 0.912 bits per heavy atom. The van der Waals surface area contributed by atoms with E-state index in [4.69, 9.17) is 47.4 Å². The minimum atomic E-state index is -0.578. The number of carbonyl (C=O) groups is 8. The summed E-state index contributed by atoms with van der Waals surface area (Å²) in [6.07, 6.45) is 18.0. The van der Waals surface area contributed by atoms with Crippen LogP contribution in [0.25, 0.3) is 22.3 Å². The maximum absolute atomic E-state index is 13.3. The molecule has 2 unspecified atom stereocenters. The lowest BCUT2D eigenvalue weighted by molar-refractivity contribution is -0.147. The van der Waals surface area contributed by atoms with Gasteiger partial charge < -0.3 is 47.4 Å². The molecule has 0 N–H and O–H groups in total. The van der Waals surface area contributed by atoms with Crippen LogP contribution in [0.4, 0.5) is 0 Å². The van der Waals surface area contributed by atoms with E-state index in [0.717, 1.165) is 138 Å². The van der Waals surface area contributed by atoms with E-state index < -0.39 is 36.1 Å². The fraction of sp³-hybridized carbons (Fsp3) is 0.429. The molecule has 546 valence electrons. The van der Waals surface area contributed by atoms with Gasteiger partial charge in [0, 0.05) is 24.0 Å². The molecule has 6 aromatic rings. The molecule has 0 amide bonds. The molecule has 0 aliphatic rings. The van der Waals surface area contributed by atoms with Crippen LogP contribution in [0.1, 0.15) is 223 Å². The van der Waals surface area contributed by atoms with Crippen molar-refractivity contribution in [3.8, 4) is 45.3 Å². The van der Waals surface area contributed by atoms with E-state index in [9.17, 15) is 38.4 Å². The number of esters is 8. The summed E-state index contributed by atoms with van der Waals surface area (Å²) in [6, 6.07) is 41.8. The van der Waals surface area contributed by atoms with Crippen LogP contribution in [-0.2, 0) is 47.6 Å². The van der Waals surface area contributed by atoms with Crippen molar-refractivity contribution in [3.63, 3.8) is 0 Å². The van der Waals surface area contributed by atoms with E-state index in [1.165, 1.54) is 0 Å². The van der Waals surface area contributed by atoms with Crippen molar-refractivity contribution in [1.82, 2.24) is 0 Å². The minimum Gasteiger partial charge on any atom is -0.494 e. The Balaban J connectivity index is 0.782. The smallest absolute Gasteiger partial charge is 0.343 e. The van der Waals surface area contributed by atoms with Gasteiger partial charge in [0.15, 0.2) is 0 Å². The van der Waals surface area contributed by atoms with Crippen LogP contribution in [0.2, 0.25) is 0 Å². The Morgan fingerprint density at radius 1 is 0.314 bits per heavy atom. The third-order valence-corrected chi connectivity index (χ3v) is 16.7. The lowest BCUT2D eigenvalue weighted by atomic mass is 10.0. The normalized spacial score (nSPS) is 11.5. The summed E-state index contributed by atoms with van der Waals surface area (Å²) in [6.45, 7) is 16.3. The van der Waals surface area contributed by atoms with Gasteiger partial charge in [-0.3, -0.25) is 9.59 Å². The zero-order chi connectivity index (χ0) is 73.1. The SMILES string of the molecule is C=C(C)C(=O)OCCCCCCOc1ccc(C(=O)Oc2ccc(-c3ccc(C(=O)OC(CCCC)COC(=O)CCCCCCCCCCC(=O)OCC(CCCC)OC(=O)c4ccc(-c5ccc(OC(=O)c6ccc(OCCCCCCOC(=O)C(=C)C)cc6)cc5)cc4)cc3)cc2)cc1.